The molecule has 170 valence electrons. The zero-order valence-electron chi connectivity index (χ0n) is 17.9. The van der Waals surface area contributed by atoms with E-state index in [9.17, 15) is 9.18 Å². The van der Waals surface area contributed by atoms with Crippen LogP contribution in [0.5, 0.6) is 0 Å². The first-order valence-corrected chi connectivity index (χ1v) is 10.4. The number of imidazole rings is 1. The predicted molar refractivity (Wildman–Crippen MR) is 124 cm³/mol. The van der Waals surface area contributed by atoms with Gasteiger partial charge in [-0.05, 0) is 36.4 Å². The van der Waals surface area contributed by atoms with Crippen molar-refractivity contribution >= 4 is 17.4 Å². The van der Waals surface area contributed by atoms with Crippen molar-refractivity contribution in [3.8, 4) is 22.6 Å². The van der Waals surface area contributed by atoms with Gasteiger partial charge in [-0.15, -0.1) is 0 Å². The number of nitrogens with two attached hydrogens (primary N) is 2. The topological polar surface area (TPSA) is 153 Å². The third kappa shape index (κ3) is 3.84. The number of halogens is 1. The van der Waals surface area contributed by atoms with Gasteiger partial charge in [-0.3, -0.25) is 9.78 Å². The van der Waals surface area contributed by atoms with Crippen molar-refractivity contribution in [1.29, 1.82) is 0 Å². The van der Waals surface area contributed by atoms with Crippen LogP contribution in [0, 0.1) is 5.82 Å². The summed E-state index contributed by atoms with van der Waals surface area (Å²) < 4.78 is 15.8. The number of nitrogens with one attached hydrogen (secondary N) is 2. The molecule has 10 nitrogen and oxygen atoms in total. The van der Waals surface area contributed by atoms with Crippen LogP contribution in [0.15, 0.2) is 61.2 Å². The van der Waals surface area contributed by atoms with Gasteiger partial charge in [0, 0.05) is 30.7 Å². The lowest BCUT2D eigenvalue weighted by Crippen LogP contribution is -2.26. The number of aromatic amines is 1. The second-order valence-electron chi connectivity index (χ2n) is 7.45. The van der Waals surface area contributed by atoms with Gasteiger partial charge < -0.3 is 26.2 Å². The maximum atomic E-state index is 13.9. The molecule has 5 heterocycles. The highest BCUT2D eigenvalue weighted by Gasteiger charge is 2.21. The molecule has 0 saturated carbocycles. The number of nitrogens with zero attached hydrogens (tertiary/aromatic N) is 5. The predicted octanol–water partition coefficient (Wildman–Crippen LogP) is 2.29. The maximum absolute atomic E-state index is 13.9. The summed E-state index contributed by atoms with van der Waals surface area (Å²) in [4.78, 5) is 33.4. The molecule has 34 heavy (non-hydrogen) atoms. The molecule has 5 aromatic heterocycles. The quantitative estimate of drug-likeness (QED) is 0.305. The van der Waals surface area contributed by atoms with Crippen LogP contribution in [0.3, 0.4) is 0 Å². The highest BCUT2D eigenvalue weighted by atomic mass is 19.1. The van der Waals surface area contributed by atoms with Gasteiger partial charge in [-0.2, -0.15) is 0 Å². The highest BCUT2D eigenvalue weighted by Crippen LogP contribution is 2.30. The molecule has 0 fully saturated rings. The van der Waals surface area contributed by atoms with Crippen molar-refractivity contribution in [2.45, 2.75) is 13.1 Å². The number of pyridine rings is 2. The van der Waals surface area contributed by atoms with Gasteiger partial charge in [0.05, 0.1) is 29.8 Å². The average Bonchev–Trinajstić information content (AvgIpc) is 3.53. The molecule has 0 aliphatic rings. The second kappa shape index (κ2) is 8.71. The highest BCUT2D eigenvalue weighted by molar-refractivity contribution is 5.97. The summed E-state index contributed by atoms with van der Waals surface area (Å²) in [6.45, 7) is 0.181. The van der Waals surface area contributed by atoms with Crippen molar-refractivity contribution in [2.75, 3.05) is 5.73 Å². The third-order valence-corrected chi connectivity index (χ3v) is 5.31. The minimum atomic E-state index is -0.597. The summed E-state index contributed by atoms with van der Waals surface area (Å²) in [5, 5.41) is 2.61. The van der Waals surface area contributed by atoms with E-state index in [0.29, 0.717) is 29.2 Å². The summed E-state index contributed by atoms with van der Waals surface area (Å²) in [5.74, 6) is -1.17. The first kappa shape index (κ1) is 21.2. The summed E-state index contributed by atoms with van der Waals surface area (Å²) in [6.07, 6.45) is 6.74. The lowest BCUT2D eigenvalue weighted by molar-refractivity contribution is 0.0946. The van der Waals surface area contributed by atoms with Crippen LogP contribution in [0.1, 0.15) is 21.9 Å². The number of carbonyl (C=O) groups excluding carboxylic acids is 1. The molecular formula is C23H20FN9O. The monoisotopic (exact) mass is 457 g/mol. The minimum absolute atomic E-state index is 0.0568. The summed E-state index contributed by atoms with van der Waals surface area (Å²) in [7, 11) is 0. The van der Waals surface area contributed by atoms with Crippen LogP contribution in [0.4, 0.5) is 10.2 Å². The number of H-pyrrole nitrogens is 1. The van der Waals surface area contributed by atoms with E-state index in [4.69, 9.17) is 11.5 Å². The molecule has 0 aliphatic carbocycles. The Hall–Kier alpha value is -4.64. The first-order valence-electron chi connectivity index (χ1n) is 10.4. The second-order valence-corrected chi connectivity index (χ2v) is 7.45. The molecule has 5 rings (SSSR count). The Balaban J connectivity index is 1.58. The number of aromatic nitrogens is 6. The minimum Gasteiger partial charge on any atom is -0.382 e. The van der Waals surface area contributed by atoms with Crippen LogP contribution < -0.4 is 16.8 Å². The number of rotatable bonds is 6. The van der Waals surface area contributed by atoms with E-state index >= 15 is 0 Å². The normalized spacial score (nSPS) is 11.1. The SMILES string of the molecule is NCc1cnc2ccc(-c3nc(C(=O)NCc4ncccc4F)c(N)nc3-c3ccc[nH]3)cn12. The molecule has 5 aromatic rings. The molecule has 11 heteroatoms. The zero-order chi connectivity index (χ0) is 23.7. The van der Waals surface area contributed by atoms with E-state index in [0.717, 1.165) is 11.3 Å². The molecule has 0 spiro atoms. The Morgan fingerprint density at radius 3 is 2.76 bits per heavy atom. The number of anilines is 1. The van der Waals surface area contributed by atoms with E-state index < -0.39 is 11.7 Å². The van der Waals surface area contributed by atoms with Gasteiger partial charge in [0.15, 0.2) is 11.5 Å². The van der Waals surface area contributed by atoms with Crippen LogP contribution in [-0.4, -0.2) is 35.2 Å². The van der Waals surface area contributed by atoms with Gasteiger partial charge >= 0.3 is 0 Å². The van der Waals surface area contributed by atoms with Gasteiger partial charge in [0.2, 0.25) is 0 Å². The smallest absolute Gasteiger partial charge is 0.274 e. The number of fused-ring (bicyclic) bond motifs is 1. The van der Waals surface area contributed by atoms with Crippen molar-refractivity contribution in [2.24, 2.45) is 5.73 Å². The number of hydrogen-bond donors (Lipinski definition) is 4. The Bertz CT molecular complexity index is 1490. The Morgan fingerprint density at radius 2 is 2.00 bits per heavy atom. The van der Waals surface area contributed by atoms with E-state index in [1.165, 1.54) is 18.3 Å². The molecule has 6 N–H and O–H groups in total. The zero-order valence-corrected chi connectivity index (χ0v) is 17.9. The largest absolute Gasteiger partial charge is 0.382 e. The van der Waals surface area contributed by atoms with E-state index in [-0.39, 0.29) is 23.8 Å². The molecular weight excluding hydrogens is 437 g/mol. The fourth-order valence-electron chi connectivity index (χ4n) is 3.60. The summed E-state index contributed by atoms with van der Waals surface area (Å²) in [6, 6.07) is 10.1. The van der Waals surface area contributed by atoms with Crippen molar-refractivity contribution in [3.63, 3.8) is 0 Å². The third-order valence-electron chi connectivity index (χ3n) is 5.31. The molecule has 0 saturated heterocycles. The van der Waals surface area contributed by atoms with Crippen LogP contribution in [0.2, 0.25) is 0 Å². The van der Waals surface area contributed by atoms with E-state index in [1.807, 2.05) is 34.9 Å². The Labute approximate surface area is 192 Å². The molecule has 0 unspecified atom stereocenters. The summed E-state index contributed by atoms with van der Waals surface area (Å²) >= 11 is 0. The van der Waals surface area contributed by atoms with Gasteiger partial charge in [0.25, 0.3) is 5.91 Å². The lowest BCUT2D eigenvalue weighted by Gasteiger charge is -2.13. The number of nitrogen functional groups attached to an aromatic ring is 1. The molecule has 0 radical (unpaired) electrons. The van der Waals surface area contributed by atoms with Crippen LogP contribution >= 0.6 is 0 Å². The maximum Gasteiger partial charge on any atom is 0.274 e. The Kier molecular flexibility index (Phi) is 5.44. The summed E-state index contributed by atoms with van der Waals surface area (Å²) in [5.41, 5.74) is 15.8. The van der Waals surface area contributed by atoms with E-state index in [1.54, 1.807) is 12.4 Å². The number of carbonyl (C=O) groups is 1. The van der Waals surface area contributed by atoms with Gasteiger partial charge in [0.1, 0.15) is 22.9 Å². The Morgan fingerprint density at radius 1 is 1.12 bits per heavy atom. The first-order chi connectivity index (χ1) is 16.5. The lowest BCUT2D eigenvalue weighted by atomic mass is 10.1. The standard InChI is InChI=1S/C23H20FN9O/c24-15-3-1-7-28-17(15)11-30-23(34)21-22(26)32-20(16-4-2-8-27-16)19(31-21)13-5-6-18-29-10-14(9-25)33(18)12-13/h1-8,10,12,27H,9,11,25H2,(H2,26,32)(H,30,34). The van der Waals surface area contributed by atoms with Crippen molar-refractivity contribution < 1.29 is 9.18 Å². The fraction of sp³-hybridized carbons (Fsp3) is 0.0870. The molecule has 0 bridgehead atoms. The van der Waals surface area contributed by atoms with Crippen molar-refractivity contribution in [3.05, 3.63) is 84.1 Å². The molecule has 0 atom stereocenters. The molecule has 0 aliphatic heterocycles. The van der Waals surface area contributed by atoms with Crippen LogP contribution in [0.25, 0.3) is 28.3 Å². The average molecular weight is 457 g/mol. The van der Waals surface area contributed by atoms with Gasteiger partial charge in [-0.1, -0.05) is 0 Å². The molecule has 1 amide bonds. The molecule has 0 aromatic carbocycles. The van der Waals surface area contributed by atoms with Crippen LogP contribution in [-0.2, 0) is 13.1 Å². The number of hydrogen-bond acceptors (Lipinski definition) is 7. The fourth-order valence-corrected chi connectivity index (χ4v) is 3.60. The number of amides is 1. The van der Waals surface area contributed by atoms with E-state index in [2.05, 4.69) is 30.2 Å². The van der Waals surface area contributed by atoms with Gasteiger partial charge in [-0.25, -0.2) is 19.3 Å². The van der Waals surface area contributed by atoms with Crippen molar-refractivity contribution in [1.82, 2.24) is 34.6 Å².